The molecule has 1 aliphatic heterocycles. The summed E-state index contributed by atoms with van der Waals surface area (Å²) >= 11 is 0. The molecular weight excluding hydrogens is 268 g/mol. The Balaban J connectivity index is 2.46. The number of hydrogen-bond acceptors (Lipinski definition) is 5. The largest absolute Gasteiger partial charge is 0.493 e. The van der Waals surface area contributed by atoms with Gasteiger partial charge in [-0.1, -0.05) is 6.92 Å². The molecule has 118 valence electrons. The fourth-order valence-electron chi connectivity index (χ4n) is 3.21. The van der Waals surface area contributed by atoms with Gasteiger partial charge in [0.1, 0.15) is 0 Å². The van der Waals surface area contributed by atoms with Crippen LogP contribution in [0.1, 0.15) is 31.4 Å². The van der Waals surface area contributed by atoms with E-state index in [0.29, 0.717) is 11.5 Å². The van der Waals surface area contributed by atoms with Gasteiger partial charge in [-0.15, -0.1) is 0 Å². The second-order valence-electron chi connectivity index (χ2n) is 5.36. The summed E-state index contributed by atoms with van der Waals surface area (Å²) in [6, 6.07) is 4.24. The maximum Gasteiger partial charge on any atom is 0.203 e. The monoisotopic (exact) mass is 294 g/mol. The first-order chi connectivity index (χ1) is 10.2. The number of ether oxygens (including phenoxy) is 3. The van der Waals surface area contributed by atoms with E-state index in [1.54, 1.807) is 21.3 Å². The molecule has 1 aromatic carbocycles. The van der Waals surface area contributed by atoms with Crippen LogP contribution >= 0.6 is 0 Å². The summed E-state index contributed by atoms with van der Waals surface area (Å²) in [5.74, 6) is 2.03. The molecule has 1 heterocycles. The molecule has 5 nitrogen and oxygen atoms in total. The van der Waals surface area contributed by atoms with Gasteiger partial charge in [0.2, 0.25) is 5.75 Å². The van der Waals surface area contributed by atoms with E-state index < -0.39 is 0 Å². The number of hydrogen-bond donors (Lipinski definition) is 1. The van der Waals surface area contributed by atoms with Crippen LogP contribution in [0.25, 0.3) is 0 Å². The fraction of sp³-hybridized carbons (Fsp3) is 0.625. The van der Waals surface area contributed by atoms with E-state index >= 15 is 0 Å². The molecule has 0 spiro atoms. The first-order valence-corrected chi connectivity index (χ1v) is 7.46. The van der Waals surface area contributed by atoms with Crippen molar-refractivity contribution in [1.82, 2.24) is 4.90 Å². The van der Waals surface area contributed by atoms with Gasteiger partial charge in [0, 0.05) is 18.2 Å². The Hall–Kier alpha value is -1.46. The summed E-state index contributed by atoms with van der Waals surface area (Å²) in [7, 11) is 4.91. The molecule has 2 N–H and O–H groups in total. The van der Waals surface area contributed by atoms with E-state index in [1.165, 1.54) is 0 Å². The molecule has 2 unspecified atom stereocenters. The van der Waals surface area contributed by atoms with Crippen molar-refractivity contribution < 1.29 is 14.2 Å². The maximum atomic E-state index is 6.35. The topological polar surface area (TPSA) is 57.0 Å². The van der Waals surface area contributed by atoms with Gasteiger partial charge in [-0.05, 0) is 31.5 Å². The van der Waals surface area contributed by atoms with Crippen LogP contribution in [-0.2, 0) is 0 Å². The summed E-state index contributed by atoms with van der Waals surface area (Å²) in [5, 5.41) is 0. The van der Waals surface area contributed by atoms with Crippen molar-refractivity contribution in [3.8, 4) is 17.2 Å². The lowest BCUT2D eigenvalue weighted by atomic mass is 9.98. The average Bonchev–Trinajstić information content (AvgIpc) is 2.86. The van der Waals surface area contributed by atoms with Gasteiger partial charge in [0.25, 0.3) is 0 Å². The lowest BCUT2D eigenvalue weighted by Crippen LogP contribution is -2.32. The van der Waals surface area contributed by atoms with Crippen LogP contribution in [0.15, 0.2) is 12.1 Å². The second kappa shape index (κ2) is 7.00. The molecule has 0 radical (unpaired) electrons. The lowest BCUT2D eigenvalue weighted by molar-refractivity contribution is 0.239. The van der Waals surface area contributed by atoms with Gasteiger partial charge >= 0.3 is 0 Å². The van der Waals surface area contributed by atoms with Crippen LogP contribution in [0.4, 0.5) is 0 Å². The highest BCUT2D eigenvalue weighted by atomic mass is 16.5. The van der Waals surface area contributed by atoms with Crippen molar-refractivity contribution in [3.05, 3.63) is 17.7 Å². The highest BCUT2D eigenvalue weighted by molar-refractivity contribution is 5.57. The summed E-state index contributed by atoms with van der Waals surface area (Å²) in [6.45, 7) is 4.25. The molecule has 21 heavy (non-hydrogen) atoms. The van der Waals surface area contributed by atoms with Crippen molar-refractivity contribution in [3.63, 3.8) is 0 Å². The van der Waals surface area contributed by atoms with Crippen LogP contribution in [0, 0.1) is 0 Å². The van der Waals surface area contributed by atoms with Crippen molar-refractivity contribution in [2.45, 2.75) is 31.8 Å². The molecule has 5 heteroatoms. The molecule has 0 amide bonds. The predicted molar refractivity (Wildman–Crippen MR) is 83.3 cm³/mol. The lowest BCUT2D eigenvalue weighted by Gasteiger charge is -2.29. The Kier molecular flexibility index (Phi) is 5.31. The fourth-order valence-corrected chi connectivity index (χ4v) is 3.21. The second-order valence-corrected chi connectivity index (χ2v) is 5.36. The minimum Gasteiger partial charge on any atom is -0.493 e. The van der Waals surface area contributed by atoms with Crippen LogP contribution in [0.2, 0.25) is 0 Å². The average molecular weight is 294 g/mol. The van der Waals surface area contributed by atoms with E-state index in [1.807, 2.05) is 12.1 Å². The first kappa shape index (κ1) is 15.9. The molecule has 0 aromatic heterocycles. The minimum absolute atomic E-state index is 0.114. The normalized spacial score (nSPS) is 22.3. The van der Waals surface area contributed by atoms with Crippen LogP contribution in [0.3, 0.4) is 0 Å². The molecule has 1 aromatic rings. The number of nitrogens with zero attached hydrogens (tertiary/aromatic N) is 1. The molecule has 2 atom stereocenters. The van der Waals surface area contributed by atoms with E-state index in [-0.39, 0.29) is 12.1 Å². The highest BCUT2D eigenvalue weighted by Gasteiger charge is 2.35. The van der Waals surface area contributed by atoms with Crippen molar-refractivity contribution >= 4 is 0 Å². The van der Waals surface area contributed by atoms with Gasteiger partial charge < -0.3 is 19.9 Å². The molecular formula is C16H26N2O3. The van der Waals surface area contributed by atoms with Crippen LogP contribution in [-0.4, -0.2) is 45.4 Å². The zero-order valence-corrected chi connectivity index (χ0v) is 13.4. The van der Waals surface area contributed by atoms with Crippen LogP contribution < -0.4 is 19.9 Å². The Bertz CT molecular complexity index is 477. The number of nitrogens with two attached hydrogens (primary N) is 1. The first-order valence-electron chi connectivity index (χ1n) is 7.46. The molecule has 0 aliphatic carbocycles. The van der Waals surface area contributed by atoms with Gasteiger partial charge in [-0.2, -0.15) is 0 Å². The molecule has 0 bridgehead atoms. The minimum atomic E-state index is 0.114. The third-order valence-electron chi connectivity index (χ3n) is 4.11. The molecule has 1 aliphatic rings. The smallest absolute Gasteiger partial charge is 0.203 e. The predicted octanol–water partition coefficient (Wildman–Crippen LogP) is 2.20. The zero-order valence-electron chi connectivity index (χ0n) is 13.4. The summed E-state index contributed by atoms with van der Waals surface area (Å²) in [4.78, 5) is 2.43. The number of likely N-dealkylation sites (tertiary alicyclic amines) is 1. The van der Waals surface area contributed by atoms with Crippen LogP contribution in [0.5, 0.6) is 17.2 Å². The summed E-state index contributed by atoms with van der Waals surface area (Å²) in [5.41, 5.74) is 7.43. The number of rotatable bonds is 6. The number of methoxy groups -OCH3 is 3. The number of benzene rings is 1. The summed E-state index contributed by atoms with van der Waals surface area (Å²) in [6.07, 6.45) is 2.11. The SMILES string of the molecule is CCCN1CCC(N)C1c1ccc(OC)c(OC)c1OC. The Morgan fingerprint density at radius 2 is 1.86 bits per heavy atom. The third-order valence-corrected chi connectivity index (χ3v) is 4.11. The Morgan fingerprint density at radius 3 is 2.43 bits per heavy atom. The quantitative estimate of drug-likeness (QED) is 0.871. The van der Waals surface area contributed by atoms with Crippen molar-refractivity contribution in [2.75, 3.05) is 34.4 Å². The van der Waals surface area contributed by atoms with Gasteiger partial charge in [0.15, 0.2) is 11.5 Å². The molecule has 1 saturated heterocycles. The molecule has 0 saturated carbocycles. The van der Waals surface area contributed by atoms with E-state index in [9.17, 15) is 0 Å². The van der Waals surface area contributed by atoms with E-state index in [2.05, 4.69) is 11.8 Å². The van der Waals surface area contributed by atoms with Gasteiger partial charge in [0.05, 0.1) is 27.4 Å². The van der Waals surface area contributed by atoms with Crippen molar-refractivity contribution in [2.24, 2.45) is 5.73 Å². The van der Waals surface area contributed by atoms with E-state index in [0.717, 1.165) is 37.2 Å². The van der Waals surface area contributed by atoms with Gasteiger partial charge in [-0.25, -0.2) is 0 Å². The standard InChI is InChI=1S/C16H26N2O3/c1-5-9-18-10-8-12(17)14(18)11-6-7-13(19-2)16(21-4)15(11)20-3/h6-7,12,14H,5,8-10,17H2,1-4H3. The summed E-state index contributed by atoms with van der Waals surface area (Å²) < 4.78 is 16.4. The third kappa shape index (κ3) is 2.94. The molecule has 1 fully saturated rings. The van der Waals surface area contributed by atoms with Crippen molar-refractivity contribution in [1.29, 1.82) is 0 Å². The van der Waals surface area contributed by atoms with Gasteiger partial charge in [-0.3, -0.25) is 4.90 Å². The highest BCUT2D eigenvalue weighted by Crippen LogP contribution is 2.45. The zero-order chi connectivity index (χ0) is 15.4. The maximum absolute atomic E-state index is 6.35. The Labute approximate surface area is 127 Å². The Morgan fingerprint density at radius 1 is 1.14 bits per heavy atom. The van der Waals surface area contributed by atoms with E-state index in [4.69, 9.17) is 19.9 Å². The molecule has 2 rings (SSSR count).